The molecule has 1 saturated carbocycles. The molecule has 0 radical (unpaired) electrons. The van der Waals surface area contributed by atoms with Gasteiger partial charge in [0.05, 0.1) is 12.1 Å². The van der Waals surface area contributed by atoms with Gasteiger partial charge in [0.15, 0.2) is 0 Å². The fourth-order valence-electron chi connectivity index (χ4n) is 4.29. The first kappa shape index (κ1) is 21.5. The van der Waals surface area contributed by atoms with Crippen molar-refractivity contribution in [3.05, 3.63) is 71.8 Å². The van der Waals surface area contributed by atoms with Crippen molar-refractivity contribution >= 4 is 5.91 Å². The van der Waals surface area contributed by atoms with E-state index >= 15 is 0 Å². The summed E-state index contributed by atoms with van der Waals surface area (Å²) in [6.07, 6.45) is 4.62. The molecule has 4 nitrogen and oxygen atoms in total. The minimum absolute atomic E-state index is 0.0838. The average Bonchev–Trinajstić information content (AvgIpc) is 2.72. The number of carbonyl (C=O) groups is 1. The van der Waals surface area contributed by atoms with Crippen LogP contribution in [0.3, 0.4) is 0 Å². The van der Waals surface area contributed by atoms with Crippen LogP contribution in [0.4, 0.5) is 0 Å². The van der Waals surface area contributed by atoms with Gasteiger partial charge in [0.2, 0.25) is 5.91 Å². The number of carbonyl (C=O) groups excluding carboxylic acids is 1. The molecule has 0 saturated heterocycles. The molecule has 0 spiro atoms. The molecule has 0 aromatic heterocycles. The molecule has 1 amide bonds. The third kappa shape index (κ3) is 4.71. The van der Waals surface area contributed by atoms with Crippen molar-refractivity contribution in [3.63, 3.8) is 0 Å². The first-order valence-electron chi connectivity index (χ1n) is 11.0. The second-order valence-electron chi connectivity index (χ2n) is 8.23. The molecule has 3 rings (SSSR count). The van der Waals surface area contributed by atoms with Crippen molar-refractivity contribution in [1.29, 1.82) is 0 Å². The van der Waals surface area contributed by atoms with Crippen LogP contribution in [-0.4, -0.2) is 22.9 Å². The highest BCUT2D eigenvalue weighted by atomic mass is 16.2. The first-order chi connectivity index (χ1) is 14.1. The Morgan fingerprint density at radius 1 is 0.862 bits per heavy atom. The van der Waals surface area contributed by atoms with Crippen LogP contribution in [-0.2, 0) is 4.79 Å². The Morgan fingerprint density at radius 3 is 1.59 bits per heavy atom. The van der Waals surface area contributed by atoms with Gasteiger partial charge < -0.3 is 16.4 Å². The Morgan fingerprint density at radius 2 is 1.28 bits per heavy atom. The zero-order valence-corrected chi connectivity index (χ0v) is 17.7. The molecule has 1 fully saturated rings. The van der Waals surface area contributed by atoms with E-state index in [1.165, 1.54) is 0 Å². The van der Waals surface area contributed by atoms with Crippen LogP contribution < -0.4 is 11.5 Å². The summed E-state index contributed by atoms with van der Waals surface area (Å²) in [5, 5.41) is 0. The van der Waals surface area contributed by atoms with Crippen LogP contribution in [0.15, 0.2) is 60.7 Å². The zero-order valence-electron chi connectivity index (χ0n) is 17.7. The van der Waals surface area contributed by atoms with Gasteiger partial charge in [-0.2, -0.15) is 0 Å². The first-order valence-corrected chi connectivity index (χ1v) is 11.0. The van der Waals surface area contributed by atoms with Crippen LogP contribution in [0.1, 0.15) is 69.2 Å². The molecular weight excluding hydrogens is 358 g/mol. The fourth-order valence-corrected chi connectivity index (χ4v) is 4.29. The monoisotopic (exact) mass is 393 g/mol. The van der Waals surface area contributed by atoms with E-state index in [1.54, 1.807) is 0 Å². The maximum absolute atomic E-state index is 13.8. The van der Waals surface area contributed by atoms with Crippen molar-refractivity contribution in [1.82, 2.24) is 4.90 Å². The summed E-state index contributed by atoms with van der Waals surface area (Å²) < 4.78 is 0. The Bertz CT molecular complexity index is 707. The highest BCUT2D eigenvalue weighted by molar-refractivity contribution is 5.81. The lowest BCUT2D eigenvalue weighted by molar-refractivity contribution is -0.145. The molecule has 0 bridgehead atoms. The second kappa shape index (κ2) is 10.0. The van der Waals surface area contributed by atoms with Crippen LogP contribution in [0.5, 0.6) is 0 Å². The Labute approximate surface area is 175 Å². The largest absolute Gasteiger partial charge is 0.326 e. The molecular formula is C25H35N3O. The second-order valence-corrected chi connectivity index (χ2v) is 8.23. The fraction of sp³-hybridized carbons (Fsp3) is 0.480. The molecule has 0 heterocycles. The number of hydrogen-bond donors (Lipinski definition) is 2. The summed E-state index contributed by atoms with van der Waals surface area (Å²) in [6.45, 7) is 4.17. The molecule has 4 heteroatoms. The van der Waals surface area contributed by atoms with Gasteiger partial charge in [-0.05, 0) is 36.8 Å². The molecule has 2 aromatic rings. The summed E-state index contributed by atoms with van der Waals surface area (Å²) in [6, 6.07) is 19.7. The van der Waals surface area contributed by atoms with Crippen LogP contribution >= 0.6 is 0 Å². The number of nitrogens with zero attached hydrogens (tertiary/aromatic N) is 1. The van der Waals surface area contributed by atoms with E-state index in [2.05, 4.69) is 43.0 Å². The Balaban J connectivity index is 2.13. The van der Waals surface area contributed by atoms with Gasteiger partial charge in [0.25, 0.3) is 0 Å². The van der Waals surface area contributed by atoms with Crippen molar-refractivity contribution in [2.24, 2.45) is 17.4 Å². The lowest BCUT2D eigenvalue weighted by atomic mass is 9.81. The lowest BCUT2D eigenvalue weighted by Crippen LogP contribution is -2.53. The van der Waals surface area contributed by atoms with E-state index in [0.717, 1.165) is 43.2 Å². The summed E-state index contributed by atoms with van der Waals surface area (Å²) in [5.74, 6) is 0.285. The van der Waals surface area contributed by atoms with Gasteiger partial charge >= 0.3 is 0 Å². The van der Waals surface area contributed by atoms with E-state index in [1.807, 2.05) is 36.4 Å². The van der Waals surface area contributed by atoms with Crippen LogP contribution in [0.25, 0.3) is 0 Å². The summed E-state index contributed by atoms with van der Waals surface area (Å²) in [5.41, 5.74) is 15.5. The molecule has 1 aliphatic rings. The van der Waals surface area contributed by atoms with Crippen LogP contribution in [0.2, 0.25) is 0 Å². The third-order valence-electron chi connectivity index (χ3n) is 6.34. The van der Waals surface area contributed by atoms with E-state index in [0.29, 0.717) is 0 Å². The van der Waals surface area contributed by atoms with Gasteiger partial charge in [-0.1, -0.05) is 80.9 Å². The van der Waals surface area contributed by atoms with E-state index in [4.69, 9.17) is 11.5 Å². The van der Waals surface area contributed by atoms with Gasteiger partial charge in [-0.15, -0.1) is 0 Å². The van der Waals surface area contributed by atoms with Gasteiger partial charge in [0.1, 0.15) is 0 Å². The lowest BCUT2D eigenvalue weighted by Gasteiger charge is -2.46. The molecule has 4 unspecified atom stereocenters. The minimum Gasteiger partial charge on any atom is -0.326 e. The smallest absolute Gasteiger partial charge is 0.226 e. The van der Waals surface area contributed by atoms with E-state index < -0.39 is 0 Å². The number of benzene rings is 2. The summed E-state index contributed by atoms with van der Waals surface area (Å²) in [7, 11) is 0. The maximum Gasteiger partial charge on any atom is 0.226 e. The summed E-state index contributed by atoms with van der Waals surface area (Å²) in [4.78, 5) is 15.9. The maximum atomic E-state index is 13.8. The highest BCUT2D eigenvalue weighted by Gasteiger charge is 2.41. The van der Waals surface area contributed by atoms with E-state index in [-0.39, 0.29) is 36.0 Å². The molecule has 0 aliphatic heterocycles. The number of rotatable bonds is 9. The Hall–Kier alpha value is -2.17. The Kier molecular flexibility index (Phi) is 7.45. The third-order valence-corrected chi connectivity index (χ3v) is 6.34. The number of nitrogens with two attached hydrogens (primary N) is 2. The molecule has 2 aromatic carbocycles. The predicted molar refractivity (Wildman–Crippen MR) is 119 cm³/mol. The number of hydrogen-bond acceptors (Lipinski definition) is 3. The SMILES string of the molecule is CCC(N)C(c1ccccc1)N(C(=O)C1CCC1)C(c1ccccc1)C(N)CC. The normalized spacial score (nSPS) is 18.3. The van der Waals surface area contributed by atoms with Gasteiger partial charge in [0, 0.05) is 18.0 Å². The van der Waals surface area contributed by atoms with Gasteiger partial charge in [-0.3, -0.25) is 4.79 Å². The van der Waals surface area contributed by atoms with E-state index in [9.17, 15) is 4.79 Å². The standard InChI is InChI=1S/C25H35N3O/c1-3-21(26)23(18-12-7-5-8-13-18)28(25(29)20-16-11-17-20)24(22(27)4-2)19-14-9-6-10-15-19/h5-10,12-15,20-24H,3-4,11,16-17,26-27H2,1-2H3. The summed E-state index contributed by atoms with van der Waals surface area (Å²) >= 11 is 0. The average molecular weight is 394 g/mol. The number of amides is 1. The predicted octanol–water partition coefficient (Wildman–Crippen LogP) is 4.57. The zero-order chi connectivity index (χ0) is 20.8. The minimum atomic E-state index is -0.197. The topological polar surface area (TPSA) is 72.3 Å². The highest BCUT2D eigenvalue weighted by Crippen LogP contribution is 2.40. The van der Waals surface area contributed by atoms with Crippen LogP contribution in [0, 0.1) is 5.92 Å². The molecule has 4 atom stereocenters. The molecule has 29 heavy (non-hydrogen) atoms. The van der Waals surface area contributed by atoms with Gasteiger partial charge in [-0.25, -0.2) is 0 Å². The molecule has 4 N–H and O–H groups in total. The van der Waals surface area contributed by atoms with Crippen molar-refractivity contribution < 1.29 is 4.79 Å². The van der Waals surface area contributed by atoms with Crippen molar-refractivity contribution in [2.45, 2.75) is 70.1 Å². The van der Waals surface area contributed by atoms with Crippen molar-refractivity contribution in [2.75, 3.05) is 0 Å². The van der Waals surface area contributed by atoms with Crippen molar-refractivity contribution in [3.8, 4) is 0 Å². The quantitative estimate of drug-likeness (QED) is 0.655. The molecule has 156 valence electrons. The molecule has 1 aliphatic carbocycles.